The molecule has 0 amide bonds. The molecule has 3 heteroatoms. The number of nitrogens with one attached hydrogen (secondary N) is 1. The van der Waals surface area contributed by atoms with E-state index in [1.807, 2.05) is 43.3 Å². The standard InChI is InChI=1S/C16H17N3/c1-13(11-17)12-19-16(14-7-3-2-4-8-14)15-9-5-6-10-18-15/h2-10,13,16,19H,12H2,1H3. The number of nitriles is 1. The summed E-state index contributed by atoms with van der Waals surface area (Å²) in [7, 11) is 0. The average Bonchev–Trinajstić information content (AvgIpc) is 2.49. The highest BCUT2D eigenvalue weighted by Crippen LogP contribution is 2.19. The minimum absolute atomic E-state index is 0.0186. The van der Waals surface area contributed by atoms with E-state index in [-0.39, 0.29) is 12.0 Å². The Morgan fingerprint density at radius 1 is 1.16 bits per heavy atom. The Bertz CT molecular complexity index is 491. The molecular weight excluding hydrogens is 234 g/mol. The van der Waals surface area contributed by atoms with Gasteiger partial charge in [0.05, 0.1) is 23.7 Å². The minimum Gasteiger partial charge on any atom is -0.304 e. The Morgan fingerprint density at radius 3 is 2.53 bits per heavy atom. The lowest BCUT2D eigenvalue weighted by molar-refractivity contribution is 0.541. The summed E-state index contributed by atoms with van der Waals surface area (Å²) in [5.41, 5.74) is 2.13. The predicted octanol–water partition coefficient (Wildman–Crippen LogP) is 2.92. The molecule has 0 aliphatic carbocycles. The Morgan fingerprint density at radius 2 is 1.89 bits per heavy atom. The second kappa shape index (κ2) is 6.67. The number of aromatic nitrogens is 1. The first-order chi connectivity index (χ1) is 9.31. The lowest BCUT2D eigenvalue weighted by Gasteiger charge is -2.19. The fourth-order valence-corrected chi connectivity index (χ4v) is 1.93. The van der Waals surface area contributed by atoms with Crippen molar-refractivity contribution < 1.29 is 0 Å². The number of nitrogens with zero attached hydrogens (tertiary/aromatic N) is 2. The number of benzene rings is 1. The quantitative estimate of drug-likeness (QED) is 0.888. The molecule has 0 saturated carbocycles. The predicted molar refractivity (Wildman–Crippen MR) is 75.3 cm³/mol. The van der Waals surface area contributed by atoms with E-state index in [0.717, 1.165) is 11.3 Å². The molecule has 1 N–H and O–H groups in total. The number of pyridine rings is 1. The Kier molecular flexibility index (Phi) is 4.66. The molecule has 1 heterocycles. The third-order valence-corrected chi connectivity index (χ3v) is 2.96. The smallest absolute Gasteiger partial charge is 0.0751 e. The van der Waals surface area contributed by atoms with Crippen LogP contribution in [0, 0.1) is 17.2 Å². The first kappa shape index (κ1) is 13.3. The van der Waals surface area contributed by atoms with E-state index in [2.05, 4.69) is 28.5 Å². The van der Waals surface area contributed by atoms with Gasteiger partial charge in [0.1, 0.15) is 0 Å². The van der Waals surface area contributed by atoms with E-state index in [9.17, 15) is 0 Å². The second-order valence-corrected chi connectivity index (χ2v) is 4.54. The van der Waals surface area contributed by atoms with Crippen LogP contribution in [0.25, 0.3) is 0 Å². The maximum atomic E-state index is 8.88. The van der Waals surface area contributed by atoms with Crippen molar-refractivity contribution in [3.05, 3.63) is 66.0 Å². The molecule has 2 atom stereocenters. The van der Waals surface area contributed by atoms with Gasteiger partial charge in [0.2, 0.25) is 0 Å². The van der Waals surface area contributed by atoms with Crippen LogP contribution in [0.3, 0.4) is 0 Å². The van der Waals surface area contributed by atoms with Crippen LogP contribution in [0.4, 0.5) is 0 Å². The molecule has 2 unspecified atom stereocenters. The Balaban J connectivity index is 2.22. The molecule has 2 aromatic rings. The molecule has 0 spiro atoms. The van der Waals surface area contributed by atoms with Gasteiger partial charge >= 0.3 is 0 Å². The van der Waals surface area contributed by atoms with Crippen molar-refractivity contribution in [3.8, 4) is 6.07 Å². The molecule has 0 radical (unpaired) electrons. The van der Waals surface area contributed by atoms with E-state index in [0.29, 0.717) is 6.54 Å². The molecule has 19 heavy (non-hydrogen) atoms. The highest BCUT2D eigenvalue weighted by molar-refractivity contribution is 5.27. The number of rotatable bonds is 5. The maximum absolute atomic E-state index is 8.88. The summed E-state index contributed by atoms with van der Waals surface area (Å²) in [6.07, 6.45) is 1.79. The van der Waals surface area contributed by atoms with Gasteiger partial charge in [-0.25, -0.2) is 0 Å². The normalized spacial score (nSPS) is 13.5. The van der Waals surface area contributed by atoms with Gasteiger partial charge in [-0.15, -0.1) is 0 Å². The zero-order chi connectivity index (χ0) is 13.5. The first-order valence-electron chi connectivity index (χ1n) is 6.40. The summed E-state index contributed by atoms with van der Waals surface area (Å²) >= 11 is 0. The summed E-state index contributed by atoms with van der Waals surface area (Å²) in [5.74, 6) is -0.0186. The molecular formula is C16H17N3. The van der Waals surface area contributed by atoms with E-state index in [4.69, 9.17) is 5.26 Å². The molecule has 96 valence electrons. The fourth-order valence-electron chi connectivity index (χ4n) is 1.93. The molecule has 3 nitrogen and oxygen atoms in total. The van der Waals surface area contributed by atoms with Gasteiger partial charge in [0.25, 0.3) is 0 Å². The largest absolute Gasteiger partial charge is 0.304 e. The molecule has 1 aromatic carbocycles. The monoisotopic (exact) mass is 251 g/mol. The summed E-state index contributed by atoms with van der Waals surface area (Å²) in [6, 6.07) is 18.3. The van der Waals surface area contributed by atoms with Gasteiger partial charge in [-0.2, -0.15) is 5.26 Å². The van der Waals surface area contributed by atoms with Crippen LogP contribution in [0.5, 0.6) is 0 Å². The van der Waals surface area contributed by atoms with E-state index in [1.54, 1.807) is 6.20 Å². The van der Waals surface area contributed by atoms with Gasteiger partial charge in [0, 0.05) is 12.7 Å². The Labute approximate surface area is 113 Å². The van der Waals surface area contributed by atoms with Gasteiger partial charge in [-0.3, -0.25) is 4.98 Å². The summed E-state index contributed by atoms with van der Waals surface area (Å²) in [4.78, 5) is 4.41. The van der Waals surface area contributed by atoms with Gasteiger partial charge in [-0.1, -0.05) is 36.4 Å². The lowest BCUT2D eigenvalue weighted by atomic mass is 10.0. The zero-order valence-corrected chi connectivity index (χ0v) is 11.0. The molecule has 2 rings (SSSR count). The van der Waals surface area contributed by atoms with Gasteiger partial charge < -0.3 is 5.32 Å². The highest BCUT2D eigenvalue weighted by atomic mass is 14.9. The molecule has 0 fully saturated rings. The summed E-state index contributed by atoms with van der Waals surface area (Å²) in [5, 5.41) is 12.3. The highest BCUT2D eigenvalue weighted by Gasteiger charge is 2.15. The van der Waals surface area contributed by atoms with Crippen LogP contribution in [-0.2, 0) is 0 Å². The Hall–Kier alpha value is -2.18. The van der Waals surface area contributed by atoms with Crippen LogP contribution < -0.4 is 5.32 Å². The zero-order valence-electron chi connectivity index (χ0n) is 11.0. The third kappa shape index (κ3) is 3.64. The number of hydrogen-bond acceptors (Lipinski definition) is 3. The molecule has 0 aliphatic rings. The van der Waals surface area contributed by atoms with Crippen molar-refractivity contribution in [3.63, 3.8) is 0 Å². The van der Waals surface area contributed by atoms with E-state index in [1.165, 1.54) is 0 Å². The minimum atomic E-state index is -0.0186. The average molecular weight is 251 g/mol. The van der Waals surface area contributed by atoms with E-state index < -0.39 is 0 Å². The van der Waals surface area contributed by atoms with E-state index >= 15 is 0 Å². The SMILES string of the molecule is CC(C#N)CNC(c1ccccc1)c1ccccn1. The molecule has 0 aliphatic heterocycles. The molecule has 1 aromatic heterocycles. The lowest BCUT2D eigenvalue weighted by Crippen LogP contribution is -2.27. The van der Waals surface area contributed by atoms with Crippen molar-refractivity contribution in [1.82, 2.24) is 10.3 Å². The van der Waals surface area contributed by atoms with Gasteiger partial charge in [0.15, 0.2) is 0 Å². The fraction of sp³-hybridized carbons (Fsp3) is 0.250. The van der Waals surface area contributed by atoms with Crippen LogP contribution in [-0.4, -0.2) is 11.5 Å². The third-order valence-electron chi connectivity index (χ3n) is 2.96. The summed E-state index contributed by atoms with van der Waals surface area (Å²) in [6.45, 7) is 2.56. The van der Waals surface area contributed by atoms with Crippen LogP contribution in [0.1, 0.15) is 24.2 Å². The van der Waals surface area contributed by atoms with Crippen molar-refractivity contribution >= 4 is 0 Å². The van der Waals surface area contributed by atoms with Gasteiger partial charge in [-0.05, 0) is 24.6 Å². The van der Waals surface area contributed by atoms with Crippen molar-refractivity contribution in [2.24, 2.45) is 5.92 Å². The van der Waals surface area contributed by atoms with Crippen molar-refractivity contribution in [2.45, 2.75) is 13.0 Å². The van der Waals surface area contributed by atoms with Crippen LogP contribution in [0.15, 0.2) is 54.7 Å². The number of hydrogen-bond donors (Lipinski definition) is 1. The summed E-state index contributed by atoms with van der Waals surface area (Å²) < 4.78 is 0. The van der Waals surface area contributed by atoms with Crippen LogP contribution in [0.2, 0.25) is 0 Å². The first-order valence-corrected chi connectivity index (χ1v) is 6.40. The molecule has 0 saturated heterocycles. The maximum Gasteiger partial charge on any atom is 0.0751 e. The van der Waals surface area contributed by atoms with Crippen molar-refractivity contribution in [1.29, 1.82) is 5.26 Å². The van der Waals surface area contributed by atoms with Crippen molar-refractivity contribution in [2.75, 3.05) is 6.54 Å². The van der Waals surface area contributed by atoms with Crippen LogP contribution >= 0.6 is 0 Å². The topological polar surface area (TPSA) is 48.7 Å². The second-order valence-electron chi connectivity index (χ2n) is 4.54. The molecule has 0 bridgehead atoms.